The molecule has 21 heavy (non-hydrogen) atoms. The van der Waals surface area contributed by atoms with E-state index in [-0.39, 0.29) is 5.91 Å². The lowest BCUT2D eigenvalue weighted by atomic mass is 10.1. The fraction of sp³-hybridized carbons (Fsp3) is 0.647. The Morgan fingerprint density at radius 2 is 2.10 bits per heavy atom. The highest BCUT2D eigenvalue weighted by molar-refractivity contribution is 5.98. The number of piperidine rings is 1. The predicted octanol–water partition coefficient (Wildman–Crippen LogP) is 2.94. The summed E-state index contributed by atoms with van der Waals surface area (Å²) in [6, 6.07) is 3.79. The second-order valence-corrected chi connectivity index (χ2v) is 6.38. The Morgan fingerprint density at radius 3 is 2.81 bits per heavy atom. The van der Waals surface area contributed by atoms with Gasteiger partial charge in [0.2, 0.25) is 0 Å². The maximum absolute atomic E-state index is 12.7. The van der Waals surface area contributed by atoms with Crippen LogP contribution in [0.5, 0.6) is 0 Å². The van der Waals surface area contributed by atoms with Crippen molar-refractivity contribution in [2.45, 2.75) is 38.5 Å². The molecule has 4 nitrogen and oxygen atoms in total. The van der Waals surface area contributed by atoms with Gasteiger partial charge >= 0.3 is 0 Å². The zero-order valence-electron chi connectivity index (χ0n) is 12.9. The molecule has 1 amide bonds. The van der Waals surface area contributed by atoms with Gasteiger partial charge in [-0.05, 0) is 43.7 Å². The van der Waals surface area contributed by atoms with Gasteiger partial charge in [0.25, 0.3) is 5.91 Å². The molecule has 1 saturated carbocycles. The molecule has 0 unspecified atom stereocenters. The third-order valence-corrected chi connectivity index (χ3v) is 4.59. The first kappa shape index (κ1) is 14.4. The number of likely N-dealkylation sites (tertiary alicyclic amines) is 1. The summed E-state index contributed by atoms with van der Waals surface area (Å²) in [7, 11) is 2.05. The lowest BCUT2D eigenvalue weighted by Crippen LogP contribution is -2.36. The van der Waals surface area contributed by atoms with Crippen LogP contribution in [0.1, 0.15) is 48.9 Å². The molecule has 4 heteroatoms. The standard InChI is InChI=1S/C17H25N3O/c1-19(13-9-14-7-8-14)16-15(6-5-10-18-16)17(21)20-11-3-2-4-12-20/h5-6,10,14H,2-4,7-9,11-13H2,1H3. The summed E-state index contributed by atoms with van der Waals surface area (Å²) in [4.78, 5) is 21.3. The highest BCUT2D eigenvalue weighted by Crippen LogP contribution is 2.33. The number of hydrogen-bond acceptors (Lipinski definition) is 3. The Bertz CT molecular complexity index is 493. The molecule has 1 aliphatic carbocycles. The van der Waals surface area contributed by atoms with Crippen LogP contribution in [-0.4, -0.2) is 42.5 Å². The Hall–Kier alpha value is -1.58. The van der Waals surface area contributed by atoms with E-state index in [0.717, 1.165) is 49.8 Å². The van der Waals surface area contributed by atoms with E-state index in [1.807, 2.05) is 17.0 Å². The number of rotatable bonds is 5. The third-order valence-electron chi connectivity index (χ3n) is 4.59. The van der Waals surface area contributed by atoms with Gasteiger partial charge in [0.15, 0.2) is 0 Å². The SMILES string of the molecule is CN(CCC1CC1)c1ncccc1C(=O)N1CCCCC1. The van der Waals surface area contributed by atoms with Crippen LogP contribution < -0.4 is 4.90 Å². The zero-order valence-corrected chi connectivity index (χ0v) is 12.9. The molecule has 2 aliphatic rings. The van der Waals surface area contributed by atoms with E-state index >= 15 is 0 Å². The van der Waals surface area contributed by atoms with Crippen LogP contribution >= 0.6 is 0 Å². The minimum absolute atomic E-state index is 0.149. The number of carbonyl (C=O) groups excluding carboxylic acids is 1. The molecule has 1 aromatic rings. The normalized spacial score (nSPS) is 18.6. The number of pyridine rings is 1. The molecule has 0 N–H and O–H groups in total. The number of nitrogens with zero attached hydrogens (tertiary/aromatic N) is 3. The summed E-state index contributed by atoms with van der Waals surface area (Å²) >= 11 is 0. The van der Waals surface area contributed by atoms with Gasteiger partial charge in [0.05, 0.1) is 5.56 Å². The van der Waals surface area contributed by atoms with Gasteiger partial charge < -0.3 is 9.80 Å². The molecule has 2 heterocycles. The van der Waals surface area contributed by atoms with Gasteiger partial charge in [-0.15, -0.1) is 0 Å². The monoisotopic (exact) mass is 287 g/mol. The molecule has 0 atom stereocenters. The fourth-order valence-corrected chi connectivity index (χ4v) is 3.02. The summed E-state index contributed by atoms with van der Waals surface area (Å²) in [6.07, 6.45) is 9.23. The number of amides is 1. The zero-order chi connectivity index (χ0) is 14.7. The number of anilines is 1. The van der Waals surface area contributed by atoms with Crippen LogP contribution in [0.3, 0.4) is 0 Å². The Labute approximate surface area is 127 Å². The van der Waals surface area contributed by atoms with E-state index < -0.39 is 0 Å². The lowest BCUT2D eigenvalue weighted by Gasteiger charge is -2.28. The van der Waals surface area contributed by atoms with Crippen molar-refractivity contribution in [3.05, 3.63) is 23.9 Å². The van der Waals surface area contributed by atoms with Crippen molar-refractivity contribution in [1.82, 2.24) is 9.88 Å². The number of aromatic nitrogens is 1. The molecule has 3 rings (SSSR count). The van der Waals surface area contributed by atoms with Gasteiger partial charge in [0, 0.05) is 32.9 Å². The molecular formula is C17H25N3O. The van der Waals surface area contributed by atoms with Gasteiger partial charge in [-0.25, -0.2) is 4.98 Å². The van der Waals surface area contributed by atoms with Crippen molar-refractivity contribution in [1.29, 1.82) is 0 Å². The topological polar surface area (TPSA) is 36.4 Å². The van der Waals surface area contributed by atoms with Gasteiger partial charge in [-0.2, -0.15) is 0 Å². The molecule has 1 aliphatic heterocycles. The molecule has 0 bridgehead atoms. The minimum atomic E-state index is 0.149. The first-order valence-electron chi connectivity index (χ1n) is 8.21. The van der Waals surface area contributed by atoms with Crippen molar-refractivity contribution in [3.63, 3.8) is 0 Å². The Kier molecular flexibility index (Phi) is 4.42. The lowest BCUT2D eigenvalue weighted by molar-refractivity contribution is 0.0724. The third kappa shape index (κ3) is 3.55. The number of hydrogen-bond donors (Lipinski definition) is 0. The fourth-order valence-electron chi connectivity index (χ4n) is 3.02. The van der Waals surface area contributed by atoms with Crippen LogP contribution in [-0.2, 0) is 0 Å². The highest BCUT2D eigenvalue weighted by Gasteiger charge is 2.24. The Balaban J connectivity index is 1.72. The minimum Gasteiger partial charge on any atom is -0.359 e. The first-order valence-corrected chi connectivity index (χ1v) is 8.21. The van der Waals surface area contributed by atoms with Crippen molar-refractivity contribution in [3.8, 4) is 0 Å². The van der Waals surface area contributed by atoms with Crippen LogP contribution in [0, 0.1) is 5.92 Å². The smallest absolute Gasteiger partial charge is 0.257 e. The summed E-state index contributed by atoms with van der Waals surface area (Å²) < 4.78 is 0. The van der Waals surface area contributed by atoms with Crippen LogP contribution in [0.15, 0.2) is 18.3 Å². The van der Waals surface area contributed by atoms with E-state index in [2.05, 4.69) is 16.9 Å². The van der Waals surface area contributed by atoms with Crippen molar-refractivity contribution in [2.75, 3.05) is 31.6 Å². The maximum atomic E-state index is 12.7. The molecule has 1 aromatic heterocycles. The van der Waals surface area contributed by atoms with Crippen molar-refractivity contribution >= 4 is 11.7 Å². The predicted molar refractivity (Wildman–Crippen MR) is 84.6 cm³/mol. The van der Waals surface area contributed by atoms with Gasteiger partial charge in [0.1, 0.15) is 5.82 Å². The van der Waals surface area contributed by atoms with E-state index in [4.69, 9.17) is 0 Å². The molecule has 0 spiro atoms. The average molecular weight is 287 g/mol. The highest BCUT2D eigenvalue weighted by atomic mass is 16.2. The van der Waals surface area contributed by atoms with E-state index in [9.17, 15) is 4.79 Å². The molecule has 114 valence electrons. The van der Waals surface area contributed by atoms with E-state index in [0.29, 0.717) is 0 Å². The quantitative estimate of drug-likeness (QED) is 0.835. The Morgan fingerprint density at radius 1 is 1.33 bits per heavy atom. The summed E-state index contributed by atoms with van der Waals surface area (Å²) in [5, 5.41) is 0. The van der Waals surface area contributed by atoms with Crippen LogP contribution in [0.25, 0.3) is 0 Å². The molecule has 1 saturated heterocycles. The first-order chi connectivity index (χ1) is 10.3. The van der Waals surface area contributed by atoms with E-state index in [1.165, 1.54) is 25.7 Å². The van der Waals surface area contributed by atoms with Crippen LogP contribution in [0.2, 0.25) is 0 Å². The van der Waals surface area contributed by atoms with E-state index in [1.54, 1.807) is 6.20 Å². The largest absolute Gasteiger partial charge is 0.359 e. The second-order valence-electron chi connectivity index (χ2n) is 6.38. The summed E-state index contributed by atoms with van der Waals surface area (Å²) in [6.45, 7) is 2.76. The second kappa shape index (κ2) is 6.46. The molecular weight excluding hydrogens is 262 g/mol. The molecule has 0 aromatic carbocycles. The summed E-state index contributed by atoms with van der Waals surface area (Å²) in [5.41, 5.74) is 0.762. The molecule has 0 radical (unpaired) electrons. The van der Waals surface area contributed by atoms with Crippen LogP contribution in [0.4, 0.5) is 5.82 Å². The maximum Gasteiger partial charge on any atom is 0.257 e. The summed E-state index contributed by atoms with van der Waals surface area (Å²) in [5.74, 6) is 1.89. The van der Waals surface area contributed by atoms with Gasteiger partial charge in [-0.1, -0.05) is 12.8 Å². The number of carbonyl (C=O) groups is 1. The average Bonchev–Trinajstić information content (AvgIpc) is 3.37. The molecule has 2 fully saturated rings. The van der Waals surface area contributed by atoms with Gasteiger partial charge in [-0.3, -0.25) is 4.79 Å². The van der Waals surface area contributed by atoms with Crippen molar-refractivity contribution < 1.29 is 4.79 Å². The van der Waals surface area contributed by atoms with Crippen molar-refractivity contribution in [2.24, 2.45) is 5.92 Å².